The Kier molecular flexibility index (Phi) is 5.16. The lowest BCUT2D eigenvalue weighted by atomic mass is 10.1. The van der Waals surface area contributed by atoms with E-state index in [9.17, 15) is 0 Å². The van der Waals surface area contributed by atoms with Gasteiger partial charge in [0.05, 0.1) is 12.8 Å². The van der Waals surface area contributed by atoms with E-state index in [1.165, 1.54) is 12.8 Å². The number of aromatic nitrogens is 1. The van der Waals surface area contributed by atoms with Gasteiger partial charge in [0.1, 0.15) is 5.75 Å². The first kappa shape index (κ1) is 14.3. The second-order valence-corrected chi connectivity index (χ2v) is 5.20. The van der Waals surface area contributed by atoms with Crippen molar-refractivity contribution in [2.45, 2.75) is 39.3 Å². The summed E-state index contributed by atoms with van der Waals surface area (Å²) in [5, 5.41) is 3.48. The summed E-state index contributed by atoms with van der Waals surface area (Å²) in [5.41, 5.74) is 2.12. The van der Waals surface area contributed by atoms with Crippen LogP contribution in [0.2, 0.25) is 0 Å². The van der Waals surface area contributed by atoms with E-state index in [-0.39, 0.29) is 0 Å². The van der Waals surface area contributed by atoms with Crippen molar-refractivity contribution in [2.24, 2.45) is 0 Å². The average Bonchev–Trinajstić information content (AvgIpc) is 2.45. The molecular weight excluding hydrogens is 238 g/mol. The van der Waals surface area contributed by atoms with E-state index in [0.717, 1.165) is 43.3 Å². The van der Waals surface area contributed by atoms with Crippen molar-refractivity contribution in [3.05, 3.63) is 23.5 Å². The van der Waals surface area contributed by atoms with Gasteiger partial charge in [0.25, 0.3) is 0 Å². The Balaban J connectivity index is 2.06. The number of likely N-dealkylation sites (N-methyl/N-ethyl adjacent to an activating group) is 1. The highest BCUT2D eigenvalue weighted by atomic mass is 16.5. The van der Waals surface area contributed by atoms with Crippen LogP contribution in [0.25, 0.3) is 0 Å². The van der Waals surface area contributed by atoms with Gasteiger partial charge in [-0.05, 0) is 32.9 Å². The van der Waals surface area contributed by atoms with Crippen molar-refractivity contribution >= 4 is 0 Å². The molecule has 4 heteroatoms. The van der Waals surface area contributed by atoms with Gasteiger partial charge < -0.3 is 10.1 Å². The van der Waals surface area contributed by atoms with Crippen molar-refractivity contribution in [1.29, 1.82) is 0 Å². The number of rotatable bonds is 5. The quantitative estimate of drug-likeness (QED) is 0.881. The van der Waals surface area contributed by atoms with Crippen LogP contribution < -0.4 is 10.1 Å². The smallest absolute Gasteiger partial charge is 0.122 e. The van der Waals surface area contributed by atoms with Crippen molar-refractivity contribution < 1.29 is 4.74 Å². The van der Waals surface area contributed by atoms with Gasteiger partial charge in [-0.25, -0.2) is 0 Å². The highest BCUT2D eigenvalue weighted by Crippen LogP contribution is 2.17. The fourth-order valence-corrected chi connectivity index (χ4v) is 2.75. The SMILES string of the molecule is CCN(Cc1cc(OC)cc(C)n1)C1CCCNC1. The summed E-state index contributed by atoms with van der Waals surface area (Å²) >= 11 is 0. The number of aryl methyl sites for hydroxylation is 1. The average molecular weight is 263 g/mol. The number of ether oxygens (including phenoxy) is 1. The van der Waals surface area contributed by atoms with Gasteiger partial charge in [-0.2, -0.15) is 0 Å². The second kappa shape index (κ2) is 6.87. The zero-order chi connectivity index (χ0) is 13.7. The van der Waals surface area contributed by atoms with Crippen LogP contribution in [0.4, 0.5) is 0 Å². The zero-order valence-electron chi connectivity index (χ0n) is 12.3. The lowest BCUT2D eigenvalue weighted by molar-refractivity contribution is 0.164. The third-order valence-electron chi connectivity index (χ3n) is 3.77. The lowest BCUT2D eigenvalue weighted by Crippen LogP contribution is -2.45. The summed E-state index contributed by atoms with van der Waals surface area (Å²) in [5.74, 6) is 0.903. The Hall–Kier alpha value is -1.13. The van der Waals surface area contributed by atoms with Crippen LogP contribution in [-0.2, 0) is 6.54 Å². The van der Waals surface area contributed by atoms with Gasteiger partial charge in [0, 0.05) is 37.0 Å². The van der Waals surface area contributed by atoms with Crippen molar-refractivity contribution in [1.82, 2.24) is 15.2 Å². The molecule has 19 heavy (non-hydrogen) atoms. The molecule has 1 N–H and O–H groups in total. The third-order valence-corrected chi connectivity index (χ3v) is 3.77. The molecule has 2 heterocycles. The number of nitrogens with one attached hydrogen (secondary N) is 1. The number of pyridine rings is 1. The van der Waals surface area contributed by atoms with Crippen LogP contribution in [0.15, 0.2) is 12.1 Å². The molecule has 4 nitrogen and oxygen atoms in total. The van der Waals surface area contributed by atoms with E-state index in [1.54, 1.807) is 7.11 Å². The summed E-state index contributed by atoms with van der Waals surface area (Å²) in [6.45, 7) is 8.46. The Morgan fingerprint density at radius 1 is 1.47 bits per heavy atom. The molecule has 1 unspecified atom stereocenters. The molecule has 106 valence electrons. The van der Waals surface area contributed by atoms with Crippen molar-refractivity contribution in [2.75, 3.05) is 26.7 Å². The molecule has 1 aromatic rings. The maximum Gasteiger partial charge on any atom is 0.122 e. The molecule has 0 bridgehead atoms. The largest absolute Gasteiger partial charge is 0.497 e. The molecule has 0 radical (unpaired) electrons. The highest BCUT2D eigenvalue weighted by Gasteiger charge is 2.20. The summed E-state index contributed by atoms with van der Waals surface area (Å²) < 4.78 is 5.33. The molecule has 1 aromatic heterocycles. The molecule has 1 atom stereocenters. The van der Waals surface area contributed by atoms with Gasteiger partial charge in [0.15, 0.2) is 0 Å². The van der Waals surface area contributed by atoms with Crippen LogP contribution in [-0.4, -0.2) is 42.7 Å². The Morgan fingerprint density at radius 3 is 2.95 bits per heavy atom. The first-order valence-corrected chi connectivity index (χ1v) is 7.19. The van der Waals surface area contributed by atoms with Gasteiger partial charge >= 0.3 is 0 Å². The molecular formula is C15H25N3O. The zero-order valence-corrected chi connectivity index (χ0v) is 12.3. The van der Waals surface area contributed by atoms with Gasteiger partial charge in [-0.15, -0.1) is 0 Å². The van der Waals surface area contributed by atoms with E-state index in [0.29, 0.717) is 6.04 Å². The van der Waals surface area contributed by atoms with Crippen LogP contribution in [0, 0.1) is 6.92 Å². The minimum atomic E-state index is 0.632. The monoisotopic (exact) mass is 263 g/mol. The van der Waals surface area contributed by atoms with Crippen molar-refractivity contribution in [3.63, 3.8) is 0 Å². The summed E-state index contributed by atoms with van der Waals surface area (Å²) in [7, 11) is 1.71. The van der Waals surface area contributed by atoms with Gasteiger partial charge in [0.2, 0.25) is 0 Å². The Bertz CT molecular complexity index is 402. The third kappa shape index (κ3) is 3.91. The summed E-state index contributed by atoms with van der Waals surface area (Å²) in [4.78, 5) is 7.13. The predicted molar refractivity (Wildman–Crippen MR) is 77.5 cm³/mol. The first-order chi connectivity index (χ1) is 9.22. The number of hydrogen-bond acceptors (Lipinski definition) is 4. The maximum absolute atomic E-state index is 5.33. The van der Waals surface area contributed by atoms with Crippen molar-refractivity contribution in [3.8, 4) is 5.75 Å². The maximum atomic E-state index is 5.33. The molecule has 1 aliphatic rings. The summed E-state index contributed by atoms with van der Waals surface area (Å²) in [6.07, 6.45) is 2.55. The number of hydrogen-bond donors (Lipinski definition) is 1. The van der Waals surface area contributed by atoms with Crippen LogP contribution in [0.1, 0.15) is 31.2 Å². The van der Waals surface area contributed by atoms with Crippen LogP contribution in [0.5, 0.6) is 5.75 Å². The normalized spacial score (nSPS) is 19.7. The molecule has 0 amide bonds. The van der Waals surface area contributed by atoms with E-state index < -0.39 is 0 Å². The fourth-order valence-electron chi connectivity index (χ4n) is 2.75. The molecule has 0 aliphatic carbocycles. The van der Waals surface area contributed by atoms with E-state index in [2.05, 4.69) is 22.1 Å². The van der Waals surface area contributed by atoms with Gasteiger partial charge in [-0.3, -0.25) is 9.88 Å². The molecule has 0 aromatic carbocycles. The number of methoxy groups -OCH3 is 1. The number of piperidine rings is 1. The van der Waals surface area contributed by atoms with Crippen LogP contribution >= 0.6 is 0 Å². The molecule has 1 fully saturated rings. The van der Waals surface area contributed by atoms with E-state index in [4.69, 9.17) is 4.74 Å². The molecule has 0 spiro atoms. The van der Waals surface area contributed by atoms with Crippen LogP contribution in [0.3, 0.4) is 0 Å². The lowest BCUT2D eigenvalue weighted by Gasteiger charge is -2.33. The van der Waals surface area contributed by atoms with Gasteiger partial charge in [-0.1, -0.05) is 6.92 Å². The predicted octanol–water partition coefficient (Wildman–Crippen LogP) is 1.97. The second-order valence-electron chi connectivity index (χ2n) is 5.20. The fraction of sp³-hybridized carbons (Fsp3) is 0.667. The molecule has 2 rings (SSSR count). The minimum Gasteiger partial charge on any atom is -0.497 e. The topological polar surface area (TPSA) is 37.4 Å². The standard InChI is InChI=1S/C15H25N3O/c1-4-18(14-6-5-7-16-10-14)11-13-9-15(19-3)8-12(2)17-13/h8-9,14,16H,4-7,10-11H2,1-3H3. The minimum absolute atomic E-state index is 0.632. The number of nitrogens with zero attached hydrogens (tertiary/aromatic N) is 2. The molecule has 1 aliphatic heterocycles. The summed E-state index contributed by atoms with van der Waals surface area (Å²) in [6, 6.07) is 4.65. The highest BCUT2D eigenvalue weighted by molar-refractivity contribution is 5.26. The first-order valence-electron chi connectivity index (χ1n) is 7.19. The van der Waals surface area contributed by atoms with E-state index >= 15 is 0 Å². The molecule has 0 saturated carbocycles. The Morgan fingerprint density at radius 2 is 2.32 bits per heavy atom. The Labute approximate surface area is 116 Å². The molecule has 1 saturated heterocycles. The van der Waals surface area contributed by atoms with E-state index in [1.807, 2.05) is 19.1 Å².